The fraction of sp³-hybridized carbons (Fsp3) is 0.700. The second-order valence-corrected chi connectivity index (χ2v) is 3.81. The zero-order chi connectivity index (χ0) is 9.97. The first-order valence-corrected chi connectivity index (χ1v) is 5.21. The molecule has 1 aliphatic carbocycles. The molecule has 2 rings (SSSR count). The van der Waals surface area contributed by atoms with Crippen LogP contribution in [0, 0.1) is 5.92 Å². The second kappa shape index (κ2) is 4.00. The first-order chi connectivity index (χ1) is 6.83. The van der Waals surface area contributed by atoms with Crippen molar-refractivity contribution in [1.82, 2.24) is 9.55 Å². The van der Waals surface area contributed by atoms with Gasteiger partial charge in [0.25, 0.3) is 6.01 Å². The van der Waals surface area contributed by atoms with Gasteiger partial charge in [-0.25, -0.2) is 4.98 Å². The van der Waals surface area contributed by atoms with Crippen LogP contribution in [0.15, 0.2) is 12.4 Å². The third-order valence-electron chi connectivity index (χ3n) is 2.82. The molecule has 4 nitrogen and oxygen atoms in total. The van der Waals surface area contributed by atoms with Gasteiger partial charge in [-0.3, -0.25) is 0 Å². The zero-order valence-electron chi connectivity index (χ0n) is 8.52. The van der Waals surface area contributed by atoms with Gasteiger partial charge >= 0.3 is 0 Å². The van der Waals surface area contributed by atoms with E-state index in [0.717, 1.165) is 31.9 Å². The maximum absolute atomic E-state index is 5.74. The van der Waals surface area contributed by atoms with Gasteiger partial charge in [0.1, 0.15) is 6.10 Å². The molecule has 2 N–H and O–H groups in total. The molecule has 0 radical (unpaired) electrons. The van der Waals surface area contributed by atoms with Crippen molar-refractivity contribution < 1.29 is 4.74 Å². The molecule has 1 aliphatic rings. The first-order valence-electron chi connectivity index (χ1n) is 5.21. The average Bonchev–Trinajstić information content (AvgIpc) is 2.57. The molecule has 14 heavy (non-hydrogen) atoms. The second-order valence-electron chi connectivity index (χ2n) is 3.81. The number of hydrogen-bond donors (Lipinski definition) is 1. The van der Waals surface area contributed by atoms with Gasteiger partial charge in [0.05, 0.1) is 0 Å². The summed E-state index contributed by atoms with van der Waals surface area (Å²) in [6.45, 7) is 3.77. The predicted molar refractivity (Wildman–Crippen MR) is 54.1 cm³/mol. The summed E-state index contributed by atoms with van der Waals surface area (Å²) in [5.74, 6) is 0.657. The molecule has 0 atom stereocenters. The molecule has 1 aromatic rings. The van der Waals surface area contributed by atoms with E-state index in [0.29, 0.717) is 12.0 Å². The van der Waals surface area contributed by atoms with E-state index in [4.69, 9.17) is 10.5 Å². The van der Waals surface area contributed by atoms with E-state index in [1.165, 1.54) is 0 Å². The minimum absolute atomic E-state index is 0.330. The molecule has 0 aliphatic heterocycles. The van der Waals surface area contributed by atoms with E-state index >= 15 is 0 Å². The van der Waals surface area contributed by atoms with Crippen LogP contribution in [0.3, 0.4) is 0 Å². The van der Waals surface area contributed by atoms with E-state index in [1.807, 2.05) is 10.8 Å². The lowest BCUT2D eigenvalue weighted by Crippen LogP contribution is -2.38. The van der Waals surface area contributed by atoms with Crippen molar-refractivity contribution in [2.24, 2.45) is 11.7 Å². The van der Waals surface area contributed by atoms with Gasteiger partial charge in [-0.15, -0.1) is 0 Å². The Kier molecular flexibility index (Phi) is 2.72. The zero-order valence-corrected chi connectivity index (χ0v) is 8.52. The van der Waals surface area contributed by atoms with Crippen molar-refractivity contribution in [2.45, 2.75) is 32.4 Å². The van der Waals surface area contributed by atoms with Crippen molar-refractivity contribution in [1.29, 1.82) is 0 Å². The Labute approximate surface area is 84.1 Å². The largest absolute Gasteiger partial charge is 0.461 e. The molecular weight excluding hydrogens is 178 g/mol. The maximum Gasteiger partial charge on any atom is 0.296 e. The van der Waals surface area contributed by atoms with Crippen molar-refractivity contribution >= 4 is 0 Å². The molecule has 1 heterocycles. The third kappa shape index (κ3) is 1.75. The summed E-state index contributed by atoms with van der Waals surface area (Å²) in [7, 11) is 0. The lowest BCUT2D eigenvalue weighted by atomic mass is 9.82. The summed E-state index contributed by atoms with van der Waals surface area (Å²) >= 11 is 0. The van der Waals surface area contributed by atoms with E-state index in [1.54, 1.807) is 6.20 Å². The minimum Gasteiger partial charge on any atom is -0.461 e. The molecule has 0 unspecified atom stereocenters. The smallest absolute Gasteiger partial charge is 0.296 e. The minimum atomic E-state index is 0.330. The monoisotopic (exact) mass is 195 g/mol. The van der Waals surface area contributed by atoms with Crippen LogP contribution in [0.1, 0.15) is 19.8 Å². The Bertz CT molecular complexity index is 291. The summed E-state index contributed by atoms with van der Waals surface area (Å²) < 4.78 is 7.75. The Balaban J connectivity index is 1.86. The van der Waals surface area contributed by atoms with Crippen LogP contribution in [-0.4, -0.2) is 22.2 Å². The summed E-state index contributed by atoms with van der Waals surface area (Å²) in [5, 5.41) is 0. The predicted octanol–water partition coefficient (Wildman–Crippen LogP) is 1.02. The quantitative estimate of drug-likeness (QED) is 0.780. The lowest BCUT2D eigenvalue weighted by Gasteiger charge is -2.33. The van der Waals surface area contributed by atoms with Gasteiger partial charge in [-0.05, 0) is 32.2 Å². The van der Waals surface area contributed by atoms with Gasteiger partial charge < -0.3 is 15.0 Å². The Morgan fingerprint density at radius 3 is 3.07 bits per heavy atom. The average molecular weight is 195 g/mol. The van der Waals surface area contributed by atoms with Crippen LogP contribution in [0.25, 0.3) is 0 Å². The summed E-state index contributed by atoms with van der Waals surface area (Å²) in [5.41, 5.74) is 5.55. The summed E-state index contributed by atoms with van der Waals surface area (Å²) in [6, 6.07) is 0.743. The van der Waals surface area contributed by atoms with E-state index in [2.05, 4.69) is 11.9 Å². The lowest BCUT2D eigenvalue weighted by molar-refractivity contribution is 0.0570. The Morgan fingerprint density at radius 1 is 1.64 bits per heavy atom. The molecule has 1 fully saturated rings. The standard InChI is InChI=1S/C10H17N3O/c1-2-13-4-3-12-10(13)14-9-5-8(6-9)7-11/h3-4,8-9H,2,5-7,11H2,1H3. The SMILES string of the molecule is CCn1ccnc1OC1CC(CN)C1. The number of aromatic nitrogens is 2. The molecular formula is C10H17N3O. The van der Waals surface area contributed by atoms with Crippen molar-refractivity contribution in [3.8, 4) is 6.01 Å². The molecule has 0 aromatic carbocycles. The number of ether oxygens (including phenoxy) is 1. The van der Waals surface area contributed by atoms with Crippen LogP contribution in [0.4, 0.5) is 0 Å². The number of hydrogen-bond acceptors (Lipinski definition) is 3. The van der Waals surface area contributed by atoms with E-state index in [-0.39, 0.29) is 0 Å². The van der Waals surface area contributed by atoms with Crippen molar-refractivity contribution in [2.75, 3.05) is 6.54 Å². The molecule has 4 heteroatoms. The number of nitrogens with two attached hydrogens (primary N) is 1. The molecule has 1 aromatic heterocycles. The fourth-order valence-corrected chi connectivity index (χ4v) is 1.77. The summed E-state index contributed by atoms with van der Waals surface area (Å²) in [4.78, 5) is 4.17. The third-order valence-corrected chi connectivity index (χ3v) is 2.82. The highest BCUT2D eigenvalue weighted by Crippen LogP contribution is 2.29. The molecule has 0 spiro atoms. The normalized spacial score (nSPS) is 25.9. The van der Waals surface area contributed by atoms with Gasteiger partial charge in [0.2, 0.25) is 0 Å². The number of rotatable bonds is 4. The van der Waals surface area contributed by atoms with Crippen molar-refractivity contribution in [3.05, 3.63) is 12.4 Å². The van der Waals surface area contributed by atoms with Crippen LogP contribution in [-0.2, 0) is 6.54 Å². The first kappa shape index (κ1) is 9.52. The maximum atomic E-state index is 5.74. The van der Waals surface area contributed by atoms with Gasteiger partial charge in [0, 0.05) is 18.9 Å². The highest BCUT2D eigenvalue weighted by Gasteiger charge is 2.30. The molecule has 0 amide bonds. The highest BCUT2D eigenvalue weighted by atomic mass is 16.5. The van der Waals surface area contributed by atoms with Crippen LogP contribution in [0.5, 0.6) is 6.01 Å². The number of nitrogens with zero attached hydrogens (tertiary/aromatic N) is 2. The molecule has 0 saturated heterocycles. The number of aryl methyl sites for hydroxylation is 1. The Hall–Kier alpha value is -1.03. The number of imidazole rings is 1. The van der Waals surface area contributed by atoms with E-state index < -0.39 is 0 Å². The Morgan fingerprint density at radius 2 is 2.43 bits per heavy atom. The van der Waals surface area contributed by atoms with Gasteiger partial charge in [-0.2, -0.15) is 0 Å². The highest BCUT2D eigenvalue weighted by molar-refractivity contribution is 5.00. The van der Waals surface area contributed by atoms with Gasteiger partial charge in [-0.1, -0.05) is 0 Å². The molecule has 78 valence electrons. The molecule has 1 saturated carbocycles. The van der Waals surface area contributed by atoms with Crippen LogP contribution in [0.2, 0.25) is 0 Å². The van der Waals surface area contributed by atoms with Crippen molar-refractivity contribution in [3.63, 3.8) is 0 Å². The van der Waals surface area contributed by atoms with Gasteiger partial charge in [0.15, 0.2) is 0 Å². The molecule has 0 bridgehead atoms. The topological polar surface area (TPSA) is 53.1 Å². The van der Waals surface area contributed by atoms with Crippen LogP contribution < -0.4 is 10.5 Å². The van der Waals surface area contributed by atoms with E-state index in [9.17, 15) is 0 Å². The fourth-order valence-electron chi connectivity index (χ4n) is 1.77. The summed E-state index contributed by atoms with van der Waals surface area (Å²) in [6.07, 6.45) is 6.20. The van der Waals surface area contributed by atoms with Crippen LogP contribution >= 0.6 is 0 Å².